The number of aryl methyl sites for hydroxylation is 1. The molecular weight excluding hydrogens is 250 g/mol. The molecule has 0 spiro atoms. The highest BCUT2D eigenvalue weighted by molar-refractivity contribution is 5.76. The minimum absolute atomic E-state index is 0.337. The average molecular weight is 275 g/mol. The van der Waals surface area contributed by atoms with E-state index in [4.69, 9.17) is 0 Å². The van der Waals surface area contributed by atoms with Crippen molar-refractivity contribution < 1.29 is 9.90 Å². The number of carboxylic acids is 1. The molecule has 110 valence electrons. The van der Waals surface area contributed by atoms with Gasteiger partial charge in [-0.3, -0.25) is 10.1 Å². The molecule has 0 saturated heterocycles. The summed E-state index contributed by atoms with van der Waals surface area (Å²) in [7, 11) is 0. The van der Waals surface area contributed by atoms with Crippen molar-refractivity contribution in [1.82, 2.24) is 5.32 Å². The monoisotopic (exact) mass is 275 g/mol. The first-order valence-electron chi connectivity index (χ1n) is 7.79. The predicted octanol–water partition coefficient (Wildman–Crippen LogP) is 3.69. The van der Waals surface area contributed by atoms with Gasteiger partial charge in [0.2, 0.25) is 0 Å². The van der Waals surface area contributed by atoms with Crippen LogP contribution in [0.2, 0.25) is 0 Å². The van der Waals surface area contributed by atoms with Crippen LogP contribution in [-0.2, 0) is 11.2 Å². The molecule has 0 radical (unpaired) electrons. The quantitative estimate of drug-likeness (QED) is 0.806. The molecule has 2 rings (SSSR count). The van der Waals surface area contributed by atoms with Crippen LogP contribution in [0.15, 0.2) is 24.3 Å². The van der Waals surface area contributed by atoms with E-state index in [9.17, 15) is 9.90 Å². The summed E-state index contributed by atoms with van der Waals surface area (Å²) in [6.45, 7) is 2.07. The summed E-state index contributed by atoms with van der Waals surface area (Å²) in [6.07, 6.45) is 8.03. The van der Waals surface area contributed by atoms with E-state index < -0.39 is 12.0 Å². The van der Waals surface area contributed by atoms with Crippen LogP contribution < -0.4 is 5.32 Å². The molecule has 1 aromatic rings. The Balaban J connectivity index is 2.15. The SMILES string of the molecule is CCc1ccccc1C(NC1CCCCCC1)C(=O)O. The average Bonchev–Trinajstić information content (AvgIpc) is 2.73. The lowest BCUT2D eigenvalue weighted by atomic mass is 9.97. The molecule has 2 N–H and O–H groups in total. The Labute approximate surface area is 121 Å². The van der Waals surface area contributed by atoms with Gasteiger partial charge in [-0.1, -0.05) is 56.9 Å². The van der Waals surface area contributed by atoms with Gasteiger partial charge in [-0.25, -0.2) is 0 Å². The van der Waals surface area contributed by atoms with Crippen LogP contribution in [-0.4, -0.2) is 17.1 Å². The van der Waals surface area contributed by atoms with E-state index in [0.717, 1.165) is 30.4 Å². The normalized spacial score (nSPS) is 18.4. The summed E-state index contributed by atoms with van der Waals surface area (Å²) in [6, 6.07) is 7.64. The molecule has 0 heterocycles. The van der Waals surface area contributed by atoms with Crippen molar-refractivity contribution in [1.29, 1.82) is 0 Å². The number of nitrogens with one attached hydrogen (secondary N) is 1. The van der Waals surface area contributed by atoms with Crippen molar-refractivity contribution in [2.24, 2.45) is 0 Å². The van der Waals surface area contributed by atoms with E-state index in [1.54, 1.807) is 0 Å². The highest BCUT2D eigenvalue weighted by atomic mass is 16.4. The van der Waals surface area contributed by atoms with Gasteiger partial charge in [-0.05, 0) is 30.4 Å². The fraction of sp³-hybridized carbons (Fsp3) is 0.588. The third-order valence-electron chi connectivity index (χ3n) is 4.25. The second kappa shape index (κ2) is 7.44. The number of hydrogen-bond acceptors (Lipinski definition) is 2. The molecule has 1 fully saturated rings. The van der Waals surface area contributed by atoms with E-state index in [-0.39, 0.29) is 0 Å². The zero-order valence-electron chi connectivity index (χ0n) is 12.3. The van der Waals surface area contributed by atoms with Crippen LogP contribution in [0.4, 0.5) is 0 Å². The van der Waals surface area contributed by atoms with Crippen LogP contribution in [0.1, 0.15) is 62.6 Å². The van der Waals surface area contributed by atoms with Gasteiger partial charge in [0.1, 0.15) is 6.04 Å². The lowest BCUT2D eigenvalue weighted by molar-refractivity contribution is -0.140. The van der Waals surface area contributed by atoms with E-state index in [0.29, 0.717) is 6.04 Å². The summed E-state index contributed by atoms with van der Waals surface area (Å²) >= 11 is 0. The second-order valence-electron chi connectivity index (χ2n) is 5.68. The minimum Gasteiger partial charge on any atom is -0.480 e. The Kier molecular flexibility index (Phi) is 5.60. The summed E-state index contributed by atoms with van der Waals surface area (Å²) in [4.78, 5) is 11.7. The topological polar surface area (TPSA) is 49.3 Å². The number of carboxylic acid groups (broad SMARTS) is 1. The van der Waals surface area contributed by atoms with Crippen LogP contribution in [0, 0.1) is 0 Å². The maximum atomic E-state index is 11.7. The summed E-state index contributed by atoms with van der Waals surface area (Å²) in [5, 5.41) is 13.0. The van der Waals surface area contributed by atoms with Gasteiger partial charge in [0.05, 0.1) is 0 Å². The number of aliphatic carboxylic acids is 1. The van der Waals surface area contributed by atoms with Crippen LogP contribution in [0.3, 0.4) is 0 Å². The molecule has 1 saturated carbocycles. The Morgan fingerprint density at radius 1 is 1.25 bits per heavy atom. The maximum absolute atomic E-state index is 11.7. The van der Waals surface area contributed by atoms with Crippen molar-refractivity contribution in [3.8, 4) is 0 Å². The standard InChI is InChI=1S/C17H25NO2/c1-2-13-9-7-8-12-15(13)16(17(19)20)18-14-10-5-3-4-6-11-14/h7-9,12,14,16,18H,2-6,10-11H2,1H3,(H,19,20). The van der Waals surface area contributed by atoms with Gasteiger partial charge >= 0.3 is 5.97 Å². The summed E-state index contributed by atoms with van der Waals surface area (Å²) < 4.78 is 0. The molecule has 1 atom stereocenters. The van der Waals surface area contributed by atoms with E-state index in [2.05, 4.69) is 12.2 Å². The van der Waals surface area contributed by atoms with E-state index >= 15 is 0 Å². The van der Waals surface area contributed by atoms with Crippen molar-refractivity contribution in [3.63, 3.8) is 0 Å². The van der Waals surface area contributed by atoms with Crippen molar-refractivity contribution in [2.75, 3.05) is 0 Å². The Bertz CT molecular complexity index is 436. The molecule has 0 amide bonds. The first-order chi connectivity index (χ1) is 9.72. The number of carbonyl (C=O) groups is 1. The molecular formula is C17H25NO2. The fourth-order valence-electron chi connectivity index (χ4n) is 3.11. The van der Waals surface area contributed by atoms with Gasteiger partial charge in [0, 0.05) is 6.04 Å². The molecule has 1 aliphatic carbocycles. The number of benzene rings is 1. The second-order valence-corrected chi connectivity index (χ2v) is 5.68. The highest BCUT2D eigenvalue weighted by Crippen LogP contribution is 2.24. The molecule has 20 heavy (non-hydrogen) atoms. The van der Waals surface area contributed by atoms with E-state index in [1.807, 2.05) is 24.3 Å². The van der Waals surface area contributed by atoms with Crippen LogP contribution >= 0.6 is 0 Å². The summed E-state index contributed by atoms with van der Waals surface area (Å²) in [5.74, 6) is -0.768. The highest BCUT2D eigenvalue weighted by Gasteiger charge is 2.25. The molecule has 0 bridgehead atoms. The van der Waals surface area contributed by atoms with Gasteiger partial charge in [-0.2, -0.15) is 0 Å². The molecule has 1 aliphatic rings. The summed E-state index contributed by atoms with van der Waals surface area (Å²) in [5.41, 5.74) is 2.05. The molecule has 0 aromatic heterocycles. The third-order valence-corrected chi connectivity index (χ3v) is 4.25. The lowest BCUT2D eigenvalue weighted by Crippen LogP contribution is -2.37. The third kappa shape index (κ3) is 3.83. The molecule has 0 aliphatic heterocycles. The number of rotatable bonds is 5. The molecule has 3 heteroatoms. The van der Waals surface area contributed by atoms with Crippen molar-refractivity contribution in [2.45, 2.75) is 64.0 Å². The Hall–Kier alpha value is -1.35. The first kappa shape index (κ1) is 15.0. The van der Waals surface area contributed by atoms with Crippen LogP contribution in [0.25, 0.3) is 0 Å². The van der Waals surface area contributed by atoms with Gasteiger partial charge in [0.25, 0.3) is 0 Å². The molecule has 3 nitrogen and oxygen atoms in total. The van der Waals surface area contributed by atoms with Gasteiger partial charge in [-0.15, -0.1) is 0 Å². The Morgan fingerprint density at radius 3 is 2.50 bits per heavy atom. The zero-order valence-corrected chi connectivity index (χ0v) is 12.3. The lowest BCUT2D eigenvalue weighted by Gasteiger charge is -2.24. The molecule has 1 unspecified atom stereocenters. The maximum Gasteiger partial charge on any atom is 0.325 e. The smallest absolute Gasteiger partial charge is 0.325 e. The first-order valence-corrected chi connectivity index (χ1v) is 7.79. The largest absolute Gasteiger partial charge is 0.480 e. The Morgan fingerprint density at radius 2 is 1.90 bits per heavy atom. The minimum atomic E-state index is -0.768. The van der Waals surface area contributed by atoms with Gasteiger partial charge < -0.3 is 5.11 Å². The van der Waals surface area contributed by atoms with Crippen molar-refractivity contribution in [3.05, 3.63) is 35.4 Å². The fourth-order valence-corrected chi connectivity index (χ4v) is 3.11. The molecule has 1 aromatic carbocycles. The van der Waals surface area contributed by atoms with Gasteiger partial charge in [0.15, 0.2) is 0 Å². The van der Waals surface area contributed by atoms with Crippen LogP contribution in [0.5, 0.6) is 0 Å². The number of hydrogen-bond donors (Lipinski definition) is 2. The predicted molar refractivity (Wildman–Crippen MR) is 80.8 cm³/mol. The van der Waals surface area contributed by atoms with Crippen molar-refractivity contribution >= 4 is 5.97 Å². The van der Waals surface area contributed by atoms with E-state index in [1.165, 1.54) is 25.7 Å². The zero-order chi connectivity index (χ0) is 14.4.